The SMILES string of the molecule is CN(Cc1ccc(-n2ccnc2)cc1)C(=O)[C@H]1C[C@@H]2C[C@@H]2N1C(=O)Cc1c[nH]c2ncc(Br)cc12. The number of aromatic amines is 1. The van der Waals surface area contributed by atoms with Gasteiger partial charge in [-0.15, -0.1) is 0 Å². The van der Waals surface area contributed by atoms with Gasteiger partial charge in [-0.25, -0.2) is 9.97 Å². The predicted molar refractivity (Wildman–Crippen MR) is 135 cm³/mol. The summed E-state index contributed by atoms with van der Waals surface area (Å²) in [6.07, 6.45) is 11.0. The molecule has 4 aromatic rings. The van der Waals surface area contributed by atoms with Crippen molar-refractivity contribution in [3.05, 3.63) is 77.0 Å². The number of halogens is 1. The average Bonchev–Trinajstić information content (AvgIpc) is 3.23. The first-order valence-corrected chi connectivity index (χ1v) is 12.5. The minimum atomic E-state index is -0.392. The van der Waals surface area contributed by atoms with Gasteiger partial charge in [0.15, 0.2) is 0 Å². The van der Waals surface area contributed by atoms with E-state index in [0.29, 0.717) is 12.5 Å². The highest BCUT2D eigenvalue weighted by Crippen LogP contribution is 2.48. The lowest BCUT2D eigenvalue weighted by atomic mass is 10.1. The number of nitrogens with one attached hydrogen (secondary N) is 1. The van der Waals surface area contributed by atoms with Gasteiger partial charge in [-0.3, -0.25) is 9.59 Å². The minimum absolute atomic E-state index is 0.00677. The number of hydrogen-bond donors (Lipinski definition) is 1. The maximum atomic E-state index is 13.4. The van der Waals surface area contributed by atoms with Crippen molar-refractivity contribution in [2.75, 3.05) is 7.05 Å². The number of imidazole rings is 1. The molecular formula is C26H25BrN6O2. The highest BCUT2D eigenvalue weighted by molar-refractivity contribution is 9.10. The second kappa shape index (κ2) is 8.64. The molecule has 2 fully saturated rings. The number of likely N-dealkylation sites (N-methyl/N-ethyl adjacent to an activating group) is 1. The molecule has 1 saturated carbocycles. The number of carbonyl (C=O) groups is 2. The number of aromatic nitrogens is 4. The van der Waals surface area contributed by atoms with Crippen LogP contribution in [0.1, 0.15) is 24.0 Å². The number of fused-ring (bicyclic) bond motifs is 2. The minimum Gasteiger partial charge on any atom is -0.346 e. The molecule has 9 heteroatoms. The van der Waals surface area contributed by atoms with Gasteiger partial charge >= 0.3 is 0 Å². The van der Waals surface area contributed by atoms with Crippen LogP contribution in [0.25, 0.3) is 16.7 Å². The number of hydrogen-bond acceptors (Lipinski definition) is 4. The maximum Gasteiger partial charge on any atom is 0.245 e. The van der Waals surface area contributed by atoms with Crippen LogP contribution in [0.3, 0.4) is 0 Å². The first kappa shape index (κ1) is 22.0. The Morgan fingerprint density at radius 2 is 2.06 bits per heavy atom. The molecule has 4 heterocycles. The summed E-state index contributed by atoms with van der Waals surface area (Å²) in [5.41, 5.74) is 3.73. The molecule has 0 unspecified atom stereocenters. The van der Waals surface area contributed by atoms with Crippen LogP contribution in [0.4, 0.5) is 0 Å². The van der Waals surface area contributed by atoms with Crippen molar-refractivity contribution in [3.8, 4) is 5.69 Å². The first-order valence-electron chi connectivity index (χ1n) is 11.7. The topological polar surface area (TPSA) is 87.1 Å². The van der Waals surface area contributed by atoms with Crippen molar-refractivity contribution in [3.63, 3.8) is 0 Å². The highest BCUT2D eigenvalue weighted by Gasteiger charge is 2.56. The van der Waals surface area contributed by atoms with Gasteiger partial charge in [0.05, 0.1) is 12.7 Å². The first-order chi connectivity index (χ1) is 17.0. The Bertz CT molecular complexity index is 1400. The molecule has 0 spiro atoms. The number of benzene rings is 1. The maximum absolute atomic E-state index is 13.4. The lowest BCUT2D eigenvalue weighted by Crippen LogP contribution is -2.48. The molecule has 0 radical (unpaired) electrons. The van der Waals surface area contributed by atoms with Crippen LogP contribution in [0.15, 0.2) is 65.9 Å². The summed E-state index contributed by atoms with van der Waals surface area (Å²) in [6, 6.07) is 9.86. The molecule has 3 atom stereocenters. The summed E-state index contributed by atoms with van der Waals surface area (Å²) >= 11 is 3.46. The Labute approximate surface area is 211 Å². The van der Waals surface area contributed by atoms with Crippen molar-refractivity contribution >= 4 is 38.8 Å². The van der Waals surface area contributed by atoms with E-state index in [1.807, 2.05) is 59.2 Å². The van der Waals surface area contributed by atoms with Gasteiger partial charge in [-0.2, -0.15) is 0 Å². The molecule has 6 rings (SSSR count). The summed E-state index contributed by atoms with van der Waals surface area (Å²) in [4.78, 5) is 42.1. The van der Waals surface area contributed by atoms with E-state index < -0.39 is 6.04 Å². The number of likely N-dealkylation sites (tertiary alicyclic amines) is 1. The molecule has 178 valence electrons. The molecule has 1 N–H and O–H groups in total. The van der Waals surface area contributed by atoms with Gasteiger partial charge in [0, 0.05) is 60.0 Å². The summed E-state index contributed by atoms with van der Waals surface area (Å²) in [7, 11) is 1.82. The Balaban J connectivity index is 1.15. The highest BCUT2D eigenvalue weighted by atomic mass is 79.9. The van der Waals surface area contributed by atoms with Crippen molar-refractivity contribution in [1.29, 1.82) is 0 Å². The van der Waals surface area contributed by atoms with Crippen LogP contribution >= 0.6 is 15.9 Å². The van der Waals surface area contributed by atoms with Gasteiger partial charge in [-0.05, 0) is 64.0 Å². The number of carbonyl (C=O) groups excluding carboxylic acids is 2. The molecule has 2 aliphatic rings. The zero-order valence-corrected chi connectivity index (χ0v) is 20.9. The quantitative estimate of drug-likeness (QED) is 0.410. The van der Waals surface area contributed by atoms with E-state index in [1.165, 1.54) is 0 Å². The van der Waals surface area contributed by atoms with E-state index in [1.54, 1.807) is 23.6 Å². The molecule has 1 aromatic carbocycles. The number of piperidine rings is 1. The van der Waals surface area contributed by atoms with Crippen molar-refractivity contribution in [2.24, 2.45) is 5.92 Å². The fourth-order valence-electron chi connectivity index (χ4n) is 5.26. The van der Waals surface area contributed by atoms with Crippen LogP contribution < -0.4 is 0 Å². The van der Waals surface area contributed by atoms with E-state index in [9.17, 15) is 9.59 Å². The summed E-state index contributed by atoms with van der Waals surface area (Å²) in [5.74, 6) is 0.453. The van der Waals surface area contributed by atoms with Gasteiger partial charge in [-0.1, -0.05) is 12.1 Å². The third-order valence-electron chi connectivity index (χ3n) is 7.14. The molecule has 1 aliphatic carbocycles. The lowest BCUT2D eigenvalue weighted by molar-refractivity contribution is -0.144. The largest absolute Gasteiger partial charge is 0.346 e. The van der Waals surface area contributed by atoms with E-state index in [0.717, 1.165) is 45.2 Å². The van der Waals surface area contributed by atoms with Crippen LogP contribution in [0.5, 0.6) is 0 Å². The van der Waals surface area contributed by atoms with Gasteiger partial charge < -0.3 is 19.4 Å². The molecule has 2 amide bonds. The smallest absolute Gasteiger partial charge is 0.245 e. The zero-order chi connectivity index (χ0) is 24.1. The molecule has 0 bridgehead atoms. The number of rotatable bonds is 6. The fourth-order valence-corrected chi connectivity index (χ4v) is 5.59. The fraction of sp³-hybridized carbons (Fsp3) is 0.308. The zero-order valence-electron chi connectivity index (χ0n) is 19.3. The number of pyridine rings is 1. The molecule has 1 aliphatic heterocycles. The van der Waals surface area contributed by atoms with Crippen LogP contribution in [0.2, 0.25) is 0 Å². The third kappa shape index (κ3) is 4.14. The molecule has 3 aromatic heterocycles. The van der Waals surface area contributed by atoms with Gasteiger partial charge in [0.1, 0.15) is 11.7 Å². The van der Waals surface area contributed by atoms with Crippen LogP contribution in [0, 0.1) is 5.92 Å². The number of amides is 2. The average molecular weight is 533 g/mol. The van der Waals surface area contributed by atoms with Crippen LogP contribution in [-0.2, 0) is 22.6 Å². The predicted octanol–water partition coefficient (Wildman–Crippen LogP) is 3.70. The number of H-pyrrole nitrogens is 1. The summed E-state index contributed by atoms with van der Waals surface area (Å²) < 4.78 is 2.81. The Hall–Kier alpha value is -3.46. The normalized spacial score (nSPS) is 20.7. The summed E-state index contributed by atoms with van der Waals surface area (Å²) in [5, 5.41) is 0.929. The van der Waals surface area contributed by atoms with Crippen molar-refractivity contribution in [1.82, 2.24) is 29.3 Å². The molecule has 35 heavy (non-hydrogen) atoms. The van der Waals surface area contributed by atoms with Crippen molar-refractivity contribution in [2.45, 2.75) is 37.9 Å². The molecular weight excluding hydrogens is 508 g/mol. The standard InChI is InChI=1S/C26H25BrN6O2/c1-31(14-16-2-4-20(5-3-16)32-7-6-28-15-32)26(35)23-9-17-8-22(17)33(23)24(34)10-18-12-29-25-21(18)11-19(27)13-30-25/h2-7,11-13,15,17,22-23H,8-10,14H2,1H3,(H,29,30)/t17-,22-,23+/m0/s1. The second-order valence-electron chi connectivity index (χ2n) is 9.49. The van der Waals surface area contributed by atoms with E-state index >= 15 is 0 Å². The summed E-state index contributed by atoms with van der Waals surface area (Å²) in [6.45, 7) is 0.499. The number of nitrogens with zero attached hydrogens (tertiary/aromatic N) is 5. The van der Waals surface area contributed by atoms with Gasteiger partial charge in [0.2, 0.25) is 11.8 Å². The Kier molecular flexibility index (Phi) is 5.44. The van der Waals surface area contributed by atoms with E-state index in [4.69, 9.17) is 0 Å². The molecule has 1 saturated heterocycles. The Morgan fingerprint density at radius 3 is 2.83 bits per heavy atom. The second-order valence-corrected chi connectivity index (χ2v) is 10.4. The van der Waals surface area contributed by atoms with E-state index in [-0.39, 0.29) is 24.3 Å². The van der Waals surface area contributed by atoms with Gasteiger partial charge in [0.25, 0.3) is 0 Å². The lowest BCUT2D eigenvalue weighted by Gasteiger charge is -2.30. The third-order valence-corrected chi connectivity index (χ3v) is 7.57. The Morgan fingerprint density at radius 1 is 1.23 bits per heavy atom. The molecule has 8 nitrogen and oxygen atoms in total. The van der Waals surface area contributed by atoms with Crippen LogP contribution in [-0.4, -0.2) is 60.3 Å². The van der Waals surface area contributed by atoms with E-state index in [2.05, 4.69) is 30.9 Å². The monoisotopic (exact) mass is 532 g/mol. The van der Waals surface area contributed by atoms with Crippen molar-refractivity contribution < 1.29 is 9.59 Å².